The Balaban J connectivity index is 2.35. The highest BCUT2D eigenvalue weighted by Crippen LogP contribution is 2.18. The Kier molecular flexibility index (Phi) is 7.15. The average Bonchev–Trinajstić information content (AvgIpc) is 2.39. The first-order valence-corrected chi connectivity index (χ1v) is 6.64. The summed E-state index contributed by atoms with van der Waals surface area (Å²) in [6, 6.07) is 7.34. The van der Waals surface area contributed by atoms with Crippen LogP contribution in [-0.4, -0.2) is 50.6 Å². The molecule has 0 saturated carbocycles. The van der Waals surface area contributed by atoms with E-state index in [1.165, 1.54) is 0 Å². The van der Waals surface area contributed by atoms with Gasteiger partial charge in [-0.25, -0.2) is 0 Å². The first-order valence-electron chi connectivity index (χ1n) is 6.64. The van der Waals surface area contributed by atoms with Crippen LogP contribution in [0, 0.1) is 0 Å². The van der Waals surface area contributed by atoms with Crippen molar-refractivity contribution in [2.24, 2.45) is 0 Å². The second-order valence-corrected chi connectivity index (χ2v) is 4.40. The van der Waals surface area contributed by atoms with Crippen molar-refractivity contribution in [3.05, 3.63) is 29.8 Å². The van der Waals surface area contributed by atoms with E-state index in [0.29, 0.717) is 17.9 Å². The van der Waals surface area contributed by atoms with Crippen LogP contribution in [0.4, 0.5) is 0 Å². The Morgan fingerprint density at radius 2 is 1.89 bits per heavy atom. The molecular formula is C15H23NO3. The number of Topliss-reactive ketones (excluding diaryl/α,β-unsaturated/α-hetero) is 1. The highest BCUT2D eigenvalue weighted by Gasteiger charge is 2.07. The van der Waals surface area contributed by atoms with Gasteiger partial charge >= 0.3 is 0 Å². The second-order valence-electron chi connectivity index (χ2n) is 4.40. The Labute approximate surface area is 115 Å². The van der Waals surface area contributed by atoms with Crippen LogP contribution in [0.2, 0.25) is 0 Å². The number of para-hydroxylation sites is 1. The van der Waals surface area contributed by atoms with Crippen LogP contribution in [0.25, 0.3) is 0 Å². The lowest BCUT2D eigenvalue weighted by molar-refractivity contribution is 0.101. The third kappa shape index (κ3) is 5.85. The third-order valence-electron chi connectivity index (χ3n) is 2.82. The first-order chi connectivity index (χ1) is 9.15. The van der Waals surface area contributed by atoms with Crippen molar-refractivity contribution >= 4 is 5.78 Å². The molecule has 0 saturated heterocycles. The lowest BCUT2D eigenvalue weighted by Gasteiger charge is -2.17. The van der Waals surface area contributed by atoms with Crippen LogP contribution in [0.5, 0.6) is 5.75 Å². The normalized spacial score (nSPS) is 10.7. The summed E-state index contributed by atoms with van der Waals surface area (Å²) in [4.78, 5) is 13.6. The van der Waals surface area contributed by atoms with E-state index in [1.807, 2.05) is 32.2 Å². The zero-order valence-electron chi connectivity index (χ0n) is 12.0. The molecular weight excluding hydrogens is 242 g/mol. The molecule has 106 valence electrons. The number of carbonyl (C=O) groups excluding carboxylic acids is 1. The number of likely N-dealkylation sites (N-methyl/N-ethyl adjacent to an activating group) is 1. The maximum absolute atomic E-state index is 11.4. The summed E-state index contributed by atoms with van der Waals surface area (Å²) in [6.07, 6.45) is 0. The molecule has 0 fully saturated rings. The molecule has 0 N–H and O–H groups in total. The van der Waals surface area contributed by atoms with Crippen molar-refractivity contribution in [3.63, 3.8) is 0 Å². The Bertz CT molecular complexity index is 393. The second kappa shape index (κ2) is 8.67. The Morgan fingerprint density at radius 1 is 1.21 bits per heavy atom. The third-order valence-corrected chi connectivity index (χ3v) is 2.82. The number of ketones is 1. The summed E-state index contributed by atoms with van der Waals surface area (Å²) in [5, 5.41) is 0. The van der Waals surface area contributed by atoms with Crippen molar-refractivity contribution in [1.29, 1.82) is 0 Å². The summed E-state index contributed by atoms with van der Waals surface area (Å²) in [5.74, 6) is 0.688. The zero-order valence-corrected chi connectivity index (χ0v) is 12.0. The number of hydrogen-bond donors (Lipinski definition) is 0. The number of rotatable bonds is 9. The minimum absolute atomic E-state index is 0.0281. The SMILES string of the molecule is CCOCCN(C)CCOc1ccccc1C(C)=O. The smallest absolute Gasteiger partial charge is 0.163 e. The van der Waals surface area contributed by atoms with Gasteiger partial charge in [-0.3, -0.25) is 4.79 Å². The Morgan fingerprint density at radius 3 is 2.58 bits per heavy atom. The van der Waals surface area contributed by atoms with E-state index >= 15 is 0 Å². The number of benzene rings is 1. The molecule has 0 spiro atoms. The molecule has 1 aromatic rings. The fourth-order valence-electron chi connectivity index (χ4n) is 1.67. The van der Waals surface area contributed by atoms with Crippen LogP contribution in [0.3, 0.4) is 0 Å². The number of nitrogens with zero attached hydrogens (tertiary/aromatic N) is 1. The molecule has 0 aliphatic heterocycles. The largest absolute Gasteiger partial charge is 0.491 e. The van der Waals surface area contributed by atoms with Gasteiger partial charge in [0.2, 0.25) is 0 Å². The molecule has 0 aliphatic carbocycles. The van der Waals surface area contributed by atoms with Gasteiger partial charge in [0, 0.05) is 19.7 Å². The molecule has 19 heavy (non-hydrogen) atoms. The van der Waals surface area contributed by atoms with Crippen LogP contribution >= 0.6 is 0 Å². The highest BCUT2D eigenvalue weighted by molar-refractivity contribution is 5.96. The molecule has 0 bridgehead atoms. The predicted octanol–water partition coefficient (Wildman–Crippen LogP) is 2.24. The minimum atomic E-state index is 0.0281. The lowest BCUT2D eigenvalue weighted by Crippen LogP contribution is -2.28. The maximum atomic E-state index is 11.4. The van der Waals surface area contributed by atoms with Gasteiger partial charge in [-0.15, -0.1) is 0 Å². The summed E-state index contributed by atoms with van der Waals surface area (Å²) >= 11 is 0. The van der Waals surface area contributed by atoms with Gasteiger partial charge in [-0.2, -0.15) is 0 Å². The lowest BCUT2D eigenvalue weighted by atomic mass is 10.1. The molecule has 0 aliphatic rings. The molecule has 1 aromatic carbocycles. The van der Waals surface area contributed by atoms with Crippen molar-refractivity contribution < 1.29 is 14.3 Å². The van der Waals surface area contributed by atoms with Crippen LogP contribution in [0.1, 0.15) is 24.2 Å². The fraction of sp³-hybridized carbons (Fsp3) is 0.533. The van der Waals surface area contributed by atoms with Crippen molar-refractivity contribution in [1.82, 2.24) is 4.90 Å². The maximum Gasteiger partial charge on any atom is 0.163 e. The fourth-order valence-corrected chi connectivity index (χ4v) is 1.67. The van der Waals surface area contributed by atoms with E-state index in [1.54, 1.807) is 13.0 Å². The molecule has 4 nitrogen and oxygen atoms in total. The molecule has 0 heterocycles. The van der Waals surface area contributed by atoms with E-state index < -0.39 is 0 Å². The molecule has 0 amide bonds. The monoisotopic (exact) mass is 265 g/mol. The van der Waals surface area contributed by atoms with Gasteiger partial charge in [-0.1, -0.05) is 12.1 Å². The van der Waals surface area contributed by atoms with Crippen LogP contribution < -0.4 is 4.74 Å². The van der Waals surface area contributed by atoms with Gasteiger partial charge in [0.05, 0.1) is 12.2 Å². The van der Waals surface area contributed by atoms with Crippen molar-refractivity contribution in [3.8, 4) is 5.75 Å². The van der Waals surface area contributed by atoms with Gasteiger partial charge in [-0.05, 0) is 33.0 Å². The van der Waals surface area contributed by atoms with Gasteiger partial charge in [0.25, 0.3) is 0 Å². The number of ether oxygens (including phenoxy) is 2. The summed E-state index contributed by atoms with van der Waals surface area (Å²) < 4.78 is 11.0. The van der Waals surface area contributed by atoms with E-state index in [4.69, 9.17) is 9.47 Å². The summed E-state index contributed by atoms with van der Waals surface area (Å²) in [7, 11) is 2.03. The zero-order chi connectivity index (χ0) is 14.1. The molecule has 0 unspecified atom stereocenters. The van der Waals surface area contributed by atoms with Crippen molar-refractivity contribution in [2.75, 3.05) is 40.0 Å². The van der Waals surface area contributed by atoms with Gasteiger partial charge in [0.15, 0.2) is 5.78 Å². The Hall–Kier alpha value is -1.39. The quantitative estimate of drug-likeness (QED) is 0.507. The molecule has 0 radical (unpaired) electrons. The first kappa shape index (κ1) is 15.7. The molecule has 0 aromatic heterocycles. The highest BCUT2D eigenvalue weighted by atomic mass is 16.5. The van der Waals surface area contributed by atoms with Gasteiger partial charge in [0.1, 0.15) is 12.4 Å². The van der Waals surface area contributed by atoms with E-state index in [0.717, 1.165) is 26.3 Å². The standard InChI is InChI=1S/C15H23NO3/c1-4-18-11-9-16(3)10-12-19-15-8-6-5-7-14(15)13(2)17/h5-8H,4,9-12H2,1-3H3. The van der Waals surface area contributed by atoms with Crippen LogP contribution in [-0.2, 0) is 4.74 Å². The molecule has 4 heteroatoms. The molecule has 1 rings (SSSR count). The predicted molar refractivity (Wildman–Crippen MR) is 75.9 cm³/mol. The minimum Gasteiger partial charge on any atom is -0.491 e. The average molecular weight is 265 g/mol. The van der Waals surface area contributed by atoms with Gasteiger partial charge < -0.3 is 14.4 Å². The summed E-state index contributed by atoms with van der Waals surface area (Å²) in [6.45, 7) is 7.27. The van der Waals surface area contributed by atoms with Crippen LogP contribution in [0.15, 0.2) is 24.3 Å². The summed E-state index contributed by atoms with van der Waals surface area (Å²) in [5.41, 5.74) is 0.638. The number of hydrogen-bond acceptors (Lipinski definition) is 4. The van der Waals surface area contributed by atoms with E-state index in [2.05, 4.69) is 4.90 Å². The van der Waals surface area contributed by atoms with E-state index in [9.17, 15) is 4.79 Å². The van der Waals surface area contributed by atoms with E-state index in [-0.39, 0.29) is 5.78 Å². The topological polar surface area (TPSA) is 38.8 Å². The molecule has 0 atom stereocenters. The van der Waals surface area contributed by atoms with Crippen molar-refractivity contribution in [2.45, 2.75) is 13.8 Å². The number of carbonyl (C=O) groups is 1.